The third-order valence-corrected chi connectivity index (χ3v) is 2.66. The Morgan fingerprint density at radius 3 is 2.58 bits per heavy atom. The summed E-state index contributed by atoms with van der Waals surface area (Å²) >= 11 is 0. The molecule has 98 valence electrons. The highest BCUT2D eigenvalue weighted by molar-refractivity contribution is 6.03. The molecule has 0 unspecified atom stereocenters. The fourth-order valence-corrected chi connectivity index (χ4v) is 1.66. The Labute approximate surface area is 109 Å². The summed E-state index contributed by atoms with van der Waals surface area (Å²) < 4.78 is 0. The minimum Gasteiger partial charge on any atom is -0.478 e. The van der Waals surface area contributed by atoms with Crippen molar-refractivity contribution in [3.63, 3.8) is 0 Å². The van der Waals surface area contributed by atoms with E-state index in [0.717, 1.165) is 5.69 Å². The lowest BCUT2D eigenvalue weighted by Gasteiger charge is -2.06. The molecule has 3 N–H and O–H groups in total. The first-order chi connectivity index (χ1) is 8.97. The van der Waals surface area contributed by atoms with E-state index < -0.39 is 5.97 Å². The van der Waals surface area contributed by atoms with Crippen molar-refractivity contribution >= 4 is 17.6 Å². The number of nitrogens with one attached hydrogen (secondary N) is 2. The molecule has 0 radical (unpaired) electrons. The van der Waals surface area contributed by atoms with E-state index in [4.69, 9.17) is 5.11 Å². The lowest BCUT2D eigenvalue weighted by Crippen LogP contribution is -2.13. The monoisotopic (exact) mass is 259 g/mol. The lowest BCUT2D eigenvalue weighted by atomic mass is 10.1. The van der Waals surface area contributed by atoms with Crippen molar-refractivity contribution in [2.45, 2.75) is 13.8 Å². The molecule has 1 heterocycles. The standard InChI is InChI=1S/C13H13N3O3/c1-7-3-4-9(6-10(7)13(18)19)14-12(17)11-5-8(2)15-16-11/h3-6H,1-2H3,(H,14,17)(H,15,16)(H,18,19). The number of amides is 1. The summed E-state index contributed by atoms with van der Waals surface area (Å²) in [7, 11) is 0. The first-order valence-corrected chi connectivity index (χ1v) is 5.64. The maximum Gasteiger partial charge on any atom is 0.336 e. The van der Waals surface area contributed by atoms with Crippen LogP contribution in [0.1, 0.15) is 32.1 Å². The van der Waals surface area contributed by atoms with Crippen molar-refractivity contribution in [3.05, 3.63) is 46.8 Å². The summed E-state index contributed by atoms with van der Waals surface area (Å²) in [4.78, 5) is 22.9. The van der Waals surface area contributed by atoms with Gasteiger partial charge in [0.2, 0.25) is 0 Å². The van der Waals surface area contributed by atoms with Crippen molar-refractivity contribution in [3.8, 4) is 0 Å². The van der Waals surface area contributed by atoms with E-state index >= 15 is 0 Å². The number of hydrogen-bond donors (Lipinski definition) is 3. The average molecular weight is 259 g/mol. The fourth-order valence-electron chi connectivity index (χ4n) is 1.66. The number of rotatable bonds is 3. The van der Waals surface area contributed by atoms with Gasteiger partial charge in [0.1, 0.15) is 0 Å². The summed E-state index contributed by atoms with van der Waals surface area (Å²) in [6.07, 6.45) is 0. The lowest BCUT2D eigenvalue weighted by molar-refractivity contribution is 0.0695. The molecular weight excluding hydrogens is 246 g/mol. The Morgan fingerprint density at radius 1 is 1.26 bits per heavy atom. The zero-order valence-corrected chi connectivity index (χ0v) is 10.5. The zero-order chi connectivity index (χ0) is 14.0. The van der Waals surface area contributed by atoms with Gasteiger partial charge in [0.15, 0.2) is 5.69 Å². The Bertz CT molecular complexity index is 646. The molecular formula is C13H13N3O3. The maximum atomic E-state index is 11.9. The van der Waals surface area contributed by atoms with Gasteiger partial charge in [-0.15, -0.1) is 0 Å². The third-order valence-electron chi connectivity index (χ3n) is 2.66. The van der Waals surface area contributed by atoms with Gasteiger partial charge in [0, 0.05) is 11.4 Å². The van der Waals surface area contributed by atoms with Crippen LogP contribution in [-0.4, -0.2) is 27.2 Å². The van der Waals surface area contributed by atoms with Gasteiger partial charge < -0.3 is 10.4 Å². The average Bonchev–Trinajstić information content (AvgIpc) is 2.78. The Kier molecular flexibility index (Phi) is 3.33. The second kappa shape index (κ2) is 4.93. The molecule has 0 atom stereocenters. The predicted molar refractivity (Wildman–Crippen MR) is 69.4 cm³/mol. The maximum absolute atomic E-state index is 11.9. The van der Waals surface area contributed by atoms with Crippen LogP contribution in [0.2, 0.25) is 0 Å². The number of hydrogen-bond acceptors (Lipinski definition) is 3. The molecule has 0 saturated heterocycles. The number of aromatic nitrogens is 2. The number of aromatic amines is 1. The van der Waals surface area contributed by atoms with Crippen LogP contribution in [0.5, 0.6) is 0 Å². The molecule has 19 heavy (non-hydrogen) atoms. The van der Waals surface area contributed by atoms with Gasteiger partial charge in [0.05, 0.1) is 5.56 Å². The van der Waals surface area contributed by atoms with Crippen LogP contribution in [0.3, 0.4) is 0 Å². The van der Waals surface area contributed by atoms with Crippen molar-refractivity contribution in [1.29, 1.82) is 0 Å². The number of aromatic carboxylic acids is 1. The number of carboxylic acids is 1. The van der Waals surface area contributed by atoms with Crippen molar-refractivity contribution in [2.24, 2.45) is 0 Å². The minimum absolute atomic E-state index is 0.163. The van der Waals surface area contributed by atoms with Crippen LogP contribution in [-0.2, 0) is 0 Å². The van der Waals surface area contributed by atoms with E-state index in [9.17, 15) is 9.59 Å². The number of carboxylic acid groups (broad SMARTS) is 1. The van der Waals surface area contributed by atoms with Crippen LogP contribution >= 0.6 is 0 Å². The van der Waals surface area contributed by atoms with Crippen molar-refractivity contribution in [1.82, 2.24) is 10.2 Å². The fraction of sp³-hybridized carbons (Fsp3) is 0.154. The normalized spacial score (nSPS) is 10.2. The van der Waals surface area contributed by atoms with Gasteiger partial charge in [-0.1, -0.05) is 6.07 Å². The van der Waals surface area contributed by atoms with E-state index in [1.807, 2.05) is 0 Å². The predicted octanol–water partition coefficient (Wildman–Crippen LogP) is 1.98. The molecule has 2 aromatic rings. The van der Waals surface area contributed by atoms with Gasteiger partial charge in [-0.25, -0.2) is 4.79 Å². The van der Waals surface area contributed by atoms with E-state index in [1.165, 1.54) is 6.07 Å². The number of aryl methyl sites for hydroxylation is 2. The molecule has 2 rings (SSSR count). The van der Waals surface area contributed by atoms with Gasteiger partial charge in [-0.2, -0.15) is 5.10 Å². The molecule has 1 aromatic heterocycles. The second-order valence-electron chi connectivity index (χ2n) is 4.23. The Balaban J connectivity index is 2.22. The number of H-pyrrole nitrogens is 1. The quantitative estimate of drug-likeness (QED) is 0.785. The first-order valence-electron chi connectivity index (χ1n) is 5.64. The van der Waals surface area contributed by atoms with E-state index in [1.54, 1.807) is 32.0 Å². The third kappa shape index (κ3) is 2.79. The topological polar surface area (TPSA) is 95.1 Å². The zero-order valence-electron chi connectivity index (χ0n) is 10.5. The largest absolute Gasteiger partial charge is 0.478 e. The number of nitrogens with zero attached hydrogens (tertiary/aromatic N) is 1. The Morgan fingerprint density at radius 2 is 2.00 bits per heavy atom. The number of carbonyl (C=O) groups excluding carboxylic acids is 1. The van der Waals surface area contributed by atoms with Crippen molar-refractivity contribution < 1.29 is 14.7 Å². The first kappa shape index (κ1) is 12.8. The molecule has 1 aromatic carbocycles. The van der Waals surface area contributed by atoms with E-state index in [-0.39, 0.29) is 17.2 Å². The second-order valence-corrected chi connectivity index (χ2v) is 4.23. The summed E-state index contributed by atoms with van der Waals surface area (Å²) in [6, 6.07) is 6.34. The highest BCUT2D eigenvalue weighted by atomic mass is 16.4. The van der Waals surface area contributed by atoms with Crippen LogP contribution < -0.4 is 5.32 Å². The van der Waals surface area contributed by atoms with Gasteiger partial charge in [-0.3, -0.25) is 9.89 Å². The summed E-state index contributed by atoms with van der Waals surface area (Å²) in [6.45, 7) is 3.49. The van der Waals surface area contributed by atoms with Gasteiger partial charge >= 0.3 is 5.97 Å². The molecule has 0 aliphatic rings. The SMILES string of the molecule is Cc1cc(C(=O)Nc2ccc(C)c(C(=O)O)c2)n[nH]1. The molecule has 0 saturated carbocycles. The van der Waals surface area contributed by atoms with Crippen LogP contribution in [0.4, 0.5) is 5.69 Å². The highest BCUT2D eigenvalue weighted by Crippen LogP contribution is 2.16. The van der Waals surface area contributed by atoms with E-state index in [2.05, 4.69) is 15.5 Å². The molecule has 0 aliphatic carbocycles. The highest BCUT2D eigenvalue weighted by Gasteiger charge is 2.12. The Hall–Kier alpha value is -2.63. The minimum atomic E-state index is -1.02. The number of benzene rings is 1. The van der Waals surface area contributed by atoms with Crippen molar-refractivity contribution in [2.75, 3.05) is 5.32 Å². The molecule has 6 heteroatoms. The summed E-state index contributed by atoms with van der Waals surface area (Å²) in [5, 5.41) is 18.1. The summed E-state index contributed by atoms with van der Waals surface area (Å²) in [5.41, 5.74) is 2.26. The van der Waals surface area contributed by atoms with Gasteiger partial charge in [0.25, 0.3) is 5.91 Å². The summed E-state index contributed by atoms with van der Waals surface area (Å²) in [5.74, 6) is -1.41. The molecule has 0 aliphatic heterocycles. The number of anilines is 1. The molecule has 0 fully saturated rings. The number of carbonyl (C=O) groups is 2. The van der Waals surface area contributed by atoms with Crippen LogP contribution in [0.15, 0.2) is 24.3 Å². The van der Waals surface area contributed by atoms with Gasteiger partial charge in [-0.05, 0) is 37.6 Å². The molecule has 6 nitrogen and oxygen atoms in total. The van der Waals surface area contributed by atoms with E-state index in [0.29, 0.717) is 11.3 Å². The van der Waals surface area contributed by atoms with Crippen LogP contribution in [0, 0.1) is 13.8 Å². The van der Waals surface area contributed by atoms with Crippen LogP contribution in [0.25, 0.3) is 0 Å². The molecule has 0 spiro atoms. The smallest absolute Gasteiger partial charge is 0.336 e. The molecule has 0 bridgehead atoms. The molecule has 1 amide bonds.